The van der Waals surface area contributed by atoms with Crippen LogP contribution in [0.3, 0.4) is 0 Å². The van der Waals surface area contributed by atoms with Gasteiger partial charge in [-0.05, 0) is 39.9 Å². The summed E-state index contributed by atoms with van der Waals surface area (Å²) in [5.41, 5.74) is 6.51. The van der Waals surface area contributed by atoms with E-state index in [1.165, 1.54) is 7.11 Å². The van der Waals surface area contributed by atoms with Crippen molar-refractivity contribution in [1.82, 2.24) is 0 Å². The lowest BCUT2D eigenvalue weighted by atomic mass is 9.63. The number of fused-ring (bicyclic) bond motifs is 3. The maximum atomic E-state index is 14.0. The molecule has 0 radical (unpaired) electrons. The first-order chi connectivity index (χ1) is 19.7. The predicted octanol–water partition coefficient (Wildman–Crippen LogP) is 7.28. The van der Waals surface area contributed by atoms with Gasteiger partial charge in [0.25, 0.3) is 0 Å². The minimum absolute atomic E-state index is 0.379. The molecule has 0 saturated heterocycles. The lowest BCUT2D eigenvalue weighted by Gasteiger charge is -2.43. The number of hydrogen-bond acceptors (Lipinski definition) is 4. The van der Waals surface area contributed by atoms with E-state index in [0.717, 1.165) is 44.7 Å². The lowest BCUT2D eigenvalue weighted by Crippen LogP contribution is -2.42. The van der Waals surface area contributed by atoms with Gasteiger partial charge in [-0.1, -0.05) is 121 Å². The number of ether oxygens (including phenoxy) is 1. The highest BCUT2D eigenvalue weighted by Crippen LogP contribution is 2.55. The van der Waals surface area contributed by atoms with Crippen molar-refractivity contribution in [2.75, 3.05) is 7.11 Å². The van der Waals surface area contributed by atoms with E-state index in [0.29, 0.717) is 5.56 Å². The second kappa shape index (κ2) is 10.5. The number of benzene rings is 5. The van der Waals surface area contributed by atoms with Gasteiger partial charge in [0.2, 0.25) is 0 Å². The van der Waals surface area contributed by atoms with Crippen LogP contribution in [0.1, 0.15) is 39.3 Å². The van der Waals surface area contributed by atoms with Gasteiger partial charge in [0, 0.05) is 11.1 Å². The van der Waals surface area contributed by atoms with Gasteiger partial charge in [0.05, 0.1) is 24.5 Å². The number of carbonyl (C=O) groups is 1. The van der Waals surface area contributed by atoms with E-state index >= 15 is 0 Å². The summed E-state index contributed by atoms with van der Waals surface area (Å²) in [4.78, 5) is 19.6. The summed E-state index contributed by atoms with van der Waals surface area (Å²) in [7, 11) is 1.42. The van der Waals surface area contributed by atoms with Crippen LogP contribution in [0.15, 0.2) is 138 Å². The summed E-state index contributed by atoms with van der Waals surface area (Å²) in [6, 6.07) is 45.8. The number of methoxy groups -OCH3 is 1. The molecule has 0 saturated carbocycles. The van der Waals surface area contributed by atoms with Gasteiger partial charge in [-0.3, -0.25) is 9.79 Å². The molecule has 2 unspecified atom stereocenters. The number of esters is 1. The number of rotatable bonds is 5. The van der Waals surface area contributed by atoms with Crippen LogP contribution >= 0.6 is 0 Å². The highest BCUT2D eigenvalue weighted by atomic mass is 16.5. The van der Waals surface area contributed by atoms with E-state index in [4.69, 9.17) is 9.73 Å². The molecule has 0 spiro atoms. The molecule has 0 amide bonds. The van der Waals surface area contributed by atoms with Gasteiger partial charge in [0.15, 0.2) is 0 Å². The van der Waals surface area contributed by atoms with Crippen LogP contribution in [-0.4, -0.2) is 18.8 Å². The van der Waals surface area contributed by atoms with Crippen molar-refractivity contribution in [2.45, 2.75) is 11.5 Å². The zero-order valence-corrected chi connectivity index (χ0v) is 22.0. The molecule has 0 fully saturated rings. The van der Waals surface area contributed by atoms with Gasteiger partial charge >= 0.3 is 5.97 Å². The Labute approximate surface area is 233 Å². The lowest BCUT2D eigenvalue weighted by molar-refractivity contribution is -0.144. The first-order valence-electron chi connectivity index (χ1n) is 13.2. The standard InChI is InChI=1S/C36H26N2O2/c1-40-35(39)33-31-18-9-8-16-29(31)30-17-10-11-19-32(30)36(33,28-22-20-25(24-37)21-23-28)38-34(26-12-4-2-5-13-26)27-14-6-3-7-15-27/h2-23,33H,1H3. The van der Waals surface area contributed by atoms with Crippen molar-refractivity contribution < 1.29 is 9.53 Å². The maximum absolute atomic E-state index is 14.0. The van der Waals surface area contributed by atoms with Crippen molar-refractivity contribution in [3.05, 3.63) is 167 Å². The largest absolute Gasteiger partial charge is 0.468 e. The van der Waals surface area contributed by atoms with Crippen molar-refractivity contribution in [1.29, 1.82) is 5.26 Å². The van der Waals surface area contributed by atoms with E-state index < -0.39 is 11.5 Å². The highest BCUT2D eigenvalue weighted by molar-refractivity contribution is 6.13. The Balaban J connectivity index is 1.79. The zero-order valence-electron chi connectivity index (χ0n) is 22.0. The Morgan fingerprint density at radius 1 is 0.725 bits per heavy atom. The smallest absolute Gasteiger partial charge is 0.316 e. The first-order valence-corrected chi connectivity index (χ1v) is 13.2. The average Bonchev–Trinajstić information content (AvgIpc) is 3.04. The van der Waals surface area contributed by atoms with E-state index in [9.17, 15) is 10.1 Å². The molecule has 0 N–H and O–H groups in total. The molecule has 4 heteroatoms. The second-order valence-corrected chi connectivity index (χ2v) is 9.74. The summed E-state index contributed by atoms with van der Waals surface area (Å²) in [5.74, 6) is -1.16. The summed E-state index contributed by atoms with van der Waals surface area (Å²) >= 11 is 0. The Bertz CT molecular complexity index is 1710. The Kier molecular flexibility index (Phi) is 6.56. The molecule has 2 atom stereocenters. The van der Waals surface area contributed by atoms with Crippen molar-refractivity contribution in [3.63, 3.8) is 0 Å². The SMILES string of the molecule is COC(=O)C1c2ccccc2-c2ccccc2C1(N=C(c1ccccc1)c1ccccc1)c1ccc(C#N)cc1. The van der Waals surface area contributed by atoms with Crippen LogP contribution in [0.25, 0.3) is 11.1 Å². The van der Waals surface area contributed by atoms with Crippen molar-refractivity contribution in [2.24, 2.45) is 4.99 Å². The monoisotopic (exact) mass is 518 g/mol. The van der Waals surface area contributed by atoms with Crippen LogP contribution < -0.4 is 0 Å². The molecule has 4 nitrogen and oxygen atoms in total. The fraction of sp³-hybridized carbons (Fsp3) is 0.0833. The fourth-order valence-corrected chi connectivity index (χ4v) is 5.81. The summed E-state index contributed by atoms with van der Waals surface area (Å²) < 4.78 is 5.52. The van der Waals surface area contributed by atoms with Crippen LogP contribution in [0.5, 0.6) is 0 Å². The molecule has 1 aliphatic rings. The molecular weight excluding hydrogens is 492 g/mol. The average molecular weight is 519 g/mol. The number of carbonyl (C=O) groups excluding carboxylic acids is 1. The summed E-state index contributed by atoms with van der Waals surface area (Å²) in [6.45, 7) is 0. The molecule has 5 aromatic carbocycles. The Morgan fingerprint density at radius 2 is 1.27 bits per heavy atom. The first kappa shape index (κ1) is 25.0. The van der Waals surface area contributed by atoms with Gasteiger partial charge in [0.1, 0.15) is 11.5 Å². The predicted molar refractivity (Wildman–Crippen MR) is 157 cm³/mol. The van der Waals surface area contributed by atoms with Gasteiger partial charge < -0.3 is 4.74 Å². The third kappa shape index (κ3) is 4.09. The number of aliphatic imine (C=N–C) groups is 1. The second-order valence-electron chi connectivity index (χ2n) is 9.74. The van der Waals surface area contributed by atoms with E-state index in [2.05, 4.69) is 18.2 Å². The molecule has 0 aliphatic heterocycles. The molecule has 6 rings (SSSR count). The Morgan fingerprint density at radius 3 is 1.88 bits per heavy atom. The number of hydrogen-bond donors (Lipinski definition) is 0. The van der Waals surface area contributed by atoms with Crippen LogP contribution in [0.4, 0.5) is 0 Å². The molecule has 0 aromatic heterocycles. The van der Waals surface area contributed by atoms with Crippen LogP contribution in [0, 0.1) is 11.3 Å². The molecule has 0 heterocycles. The minimum Gasteiger partial charge on any atom is -0.468 e. The fourth-order valence-electron chi connectivity index (χ4n) is 5.81. The molecular formula is C36H26N2O2. The van der Waals surface area contributed by atoms with E-state index in [1.54, 1.807) is 12.1 Å². The van der Waals surface area contributed by atoms with Crippen molar-refractivity contribution in [3.8, 4) is 17.2 Å². The molecule has 192 valence electrons. The normalized spacial score (nSPS) is 17.1. The van der Waals surface area contributed by atoms with Crippen LogP contribution in [0.2, 0.25) is 0 Å². The molecule has 0 bridgehead atoms. The highest BCUT2D eigenvalue weighted by Gasteiger charge is 2.52. The summed E-state index contributed by atoms with van der Waals surface area (Å²) in [5, 5.41) is 9.56. The van der Waals surface area contributed by atoms with E-state index in [1.807, 2.05) is 109 Å². The Hall–Kier alpha value is -5.27. The quantitative estimate of drug-likeness (QED) is 0.181. The van der Waals surface area contributed by atoms with Crippen LogP contribution in [-0.2, 0) is 15.1 Å². The topological polar surface area (TPSA) is 62.4 Å². The minimum atomic E-state index is -1.19. The number of nitrogens with zero attached hydrogens (tertiary/aromatic N) is 2. The van der Waals surface area contributed by atoms with Gasteiger partial charge in [-0.15, -0.1) is 0 Å². The summed E-state index contributed by atoms with van der Waals surface area (Å²) in [6.07, 6.45) is 0. The van der Waals surface area contributed by atoms with Gasteiger partial charge in [-0.25, -0.2) is 0 Å². The van der Waals surface area contributed by atoms with Crippen molar-refractivity contribution >= 4 is 11.7 Å². The van der Waals surface area contributed by atoms with Gasteiger partial charge in [-0.2, -0.15) is 5.26 Å². The maximum Gasteiger partial charge on any atom is 0.316 e. The third-order valence-corrected chi connectivity index (χ3v) is 7.59. The molecule has 40 heavy (non-hydrogen) atoms. The molecule has 5 aromatic rings. The number of nitriles is 1. The molecule has 1 aliphatic carbocycles. The zero-order chi connectivity index (χ0) is 27.5. The third-order valence-electron chi connectivity index (χ3n) is 7.59. The van der Waals surface area contributed by atoms with E-state index in [-0.39, 0.29) is 5.97 Å².